The molecule has 114 valence electrons. The second-order valence-corrected chi connectivity index (χ2v) is 6.49. The molecular weight excluding hydrogens is 267 g/mol. The molecule has 0 spiro atoms. The van der Waals surface area contributed by atoms with Gasteiger partial charge in [-0.25, -0.2) is 4.39 Å². The quantitative estimate of drug-likeness (QED) is 0.924. The van der Waals surface area contributed by atoms with Crippen LogP contribution in [-0.2, 0) is 11.3 Å². The van der Waals surface area contributed by atoms with E-state index in [1.54, 1.807) is 0 Å². The molecule has 0 aromatic heterocycles. The molecule has 2 fully saturated rings. The van der Waals surface area contributed by atoms with Gasteiger partial charge in [-0.15, -0.1) is 0 Å². The summed E-state index contributed by atoms with van der Waals surface area (Å²) in [5.74, 6) is -0.157. The van der Waals surface area contributed by atoms with Crippen LogP contribution in [0.2, 0.25) is 0 Å². The summed E-state index contributed by atoms with van der Waals surface area (Å²) in [4.78, 5) is 14.8. The van der Waals surface area contributed by atoms with Crippen molar-refractivity contribution in [2.24, 2.45) is 5.92 Å². The van der Waals surface area contributed by atoms with E-state index in [9.17, 15) is 9.18 Å². The average molecular weight is 290 g/mol. The summed E-state index contributed by atoms with van der Waals surface area (Å²) >= 11 is 0. The molecule has 4 heteroatoms. The van der Waals surface area contributed by atoms with Crippen LogP contribution < -0.4 is 5.32 Å². The molecule has 2 unspecified atom stereocenters. The van der Waals surface area contributed by atoms with Gasteiger partial charge < -0.3 is 5.32 Å². The maximum Gasteiger partial charge on any atom is 0.238 e. The van der Waals surface area contributed by atoms with E-state index in [2.05, 4.69) is 24.1 Å². The fraction of sp³-hybridized carbons (Fsp3) is 0.588. The topological polar surface area (TPSA) is 32.3 Å². The minimum atomic E-state index is -0.822. The molecular formula is C17H23FN2O. The number of fused-ring (bicyclic) bond motifs is 2. The van der Waals surface area contributed by atoms with Crippen LogP contribution in [0.5, 0.6) is 0 Å². The molecule has 1 saturated carbocycles. The first-order chi connectivity index (χ1) is 10.1. The molecule has 1 amide bonds. The summed E-state index contributed by atoms with van der Waals surface area (Å²) in [6, 6.07) is 10.0. The van der Waals surface area contributed by atoms with E-state index < -0.39 is 6.17 Å². The SMILES string of the molecule is CC(C)N1C2CC([C@H]1C(=O)NCc1ccccc1)[C@@H](F)C2. The second kappa shape index (κ2) is 5.76. The Hall–Kier alpha value is -1.42. The second-order valence-electron chi connectivity index (χ2n) is 6.49. The number of halogens is 1. The lowest BCUT2D eigenvalue weighted by molar-refractivity contribution is -0.130. The number of rotatable bonds is 4. The van der Waals surface area contributed by atoms with Crippen LogP contribution in [0.25, 0.3) is 0 Å². The predicted octanol–water partition coefficient (Wildman–Crippen LogP) is 2.51. The van der Waals surface area contributed by atoms with Crippen molar-refractivity contribution in [2.75, 3.05) is 0 Å². The smallest absolute Gasteiger partial charge is 0.238 e. The Morgan fingerprint density at radius 1 is 1.33 bits per heavy atom. The van der Waals surface area contributed by atoms with Gasteiger partial charge in [0.05, 0.1) is 6.04 Å². The van der Waals surface area contributed by atoms with Gasteiger partial charge in [-0.3, -0.25) is 9.69 Å². The van der Waals surface area contributed by atoms with E-state index in [-0.39, 0.29) is 30.0 Å². The first kappa shape index (κ1) is 14.5. The number of likely N-dealkylation sites (tertiary alicyclic amines) is 1. The molecule has 1 N–H and O–H groups in total. The highest BCUT2D eigenvalue weighted by atomic mass is 19.1. The molecule has 3 nitrogen and oxygen atoms in total. The van der Waals surface area contributed by atoms with Crippen molar-refractivity contribution in [3.8, 4) is 0 Å². The van der Waals surface area contributed by atoms with Gasteiger partial charge in [0.2, 0.25) is 5.91 Å². The fourth-order valence-electron chi connectivity index (χ4n) is 3.97. The van der Waals surface area contributed by atoms with Crippen LogP contribution in [0.15, 0.2) is 30.3 Å². The minimum Gasteiger partial charge on any atom is -0.351 e. The van der Waals surface area contributed by atoms with Crippen molar-refractivity contribution in [3.05, 3.63) is 35.9 Å². The van der Waals surface area contributed by atoms with E-state index in [0.717, 1.165) is 12.0 Å². The standard InChI is InChI=1S/C17H23FN2O/c1-11(2)20-13-8-14(15(18)9-13)16(20)17(21)19-10-12-6-4-3-5-7-12/h3-7,11,13-16H,8-10H2,1-2H3,(H,19,21)/t13?,14?,15-,16-/m0/s1. The van der Waals surface area contributed by atoms with E-state index in [4.69, 9.17) is 0 Å². The summed E-state index contributed by atoms with van der Waals surface area (Å²) in [7, 11) is 0. The molecule has 2 bridgehead atoms. The maximum absolute atomic E-state index is 14.0. The Bertz CT molecular complexity index is 505. The molecule has 21 heavy (non-hydrogen) atoms. The molecule has 4 atom stereocenters. The lowest BCUT2D eigenvalue weighted by Crippen LogP contribution is -2.55. The van der Waals surface area contributed by atoms with E-state index in [1.165, 1.54) is 0 Å². The van der Waals surface area contributed by atoms with Gasteiger partial charge in [0.1, 0.15) is 6.17 Å². The summed E-state index contributed by atoms with van der Waals surface area (Å²) in [5.41, 5.74) is 1.07. The Morgan fingerprint density at radius 2 is 2.05 bits per heavy atom. The number of nitrogens with one attached hydrogen (secondary N) is 1. The predicted molar refractivity (Wildman–Crippen MR) is 80.5 cm³/mol. The molecule has 3 rings (SSSR count). The molecule has 1 aromatic rings. The molecule has 1 aliphatic heterocycles. The van der Waals surface area contributed by atoms with Gasteiger partial charge in [0.25, 0.3) is 0 Å². The number of alkyl halides is 1. The normalized spacial score (nSPS) is 31.8. The average Bonchev–Trinajstić information content (AvgIpc) is 3.02. The number of carbonyl (C=O) groups is 1. The number of piperidine rings is 1. The largest absolute Gasteiger partial charge is 0.351 e. The number of hydrogen-bond acceptors (Lipinski definition) is 2. The van der Waals surface area contributed by atoms with E-state index >= 15 is 0 Å². The van der Waals surface area contributed by atoms with Gasteiger partial charge in [0.15, 0.2) is 0 Å². The lowest BCUT2D eigenvalue weighted by Gasteiger charge is -2.38. The Balaban J connectivity index is 1.68. The van der Waals surface area contributed by atoms with Crippen LogP contribution in [0, 0.1) is 5.92 Å². The summed E-state index contributed by atoms with van der Waals surface area (Å²) in [6.07, 6.45) is 0.589. The zero-order chi connectivity index (χ0) is 15.0. The highest BCUT2D eigenvalue weighted by molar-refractivity contribution is 5.83. The molecule has 1 aromatic carbocycles. The van der Waals surface area contributed by atoms with Gasteiger partial charge in [0, 0.05) is 24.5 Å². The van der Waals surface area contributed by atoms with Crippen LogP contribution in [0.1, 0.15) is 32.3 Å². The molecule has 1 saturated heterocycles. The fourth-order valence-corrected chi connectivity index (χ4v) is 3.97. The van der Waals surface area contributed by atoms with Gasteiger partial charge in [-0.2, -0.15) is 0 Å². The zero-order valence-electron chi connectivity index (χ0n) is 12.6. The lowest BCUT2D eigenvalue weighted by atomic mass is 9.95. The first-order valence-electron chi connectivity index (χ1n) is 7.81. The monoisotopic (exact) mass is 290 g/mol. The van der Waals surface area contributed by atoms with Crippen molar-refractivity contribution < 1.29 is 9.18 Å². The van der Waals surface area contributed by atoms with E-state index in [1.807, 2.05) is 30.3 Å². The Morgan fingerprint density at radius 3 is 2.71 bits per heavy atom. The zero-order valence-corrected chi connectivity index (χ0v) is 12.6. The number of nitrogens with zero attached hydrogens (tertiary/aromatic N) is 1. The van der Waals surface area contributed by atoms with Crippen molar-refractivity contribution in [2.45, 2.75) is 57.5 Å². The van der Waals surface area contributed by atoms with Crippen molar-refractivity contribution in [1.82, 2.24) is 10.2 Å². The third-order valence-corrected chi connectivity index (χ3v) is 4.83. The highest BCUT2D eigenvalue weighted by Gasteiger charge is 2.55. The maximum atomic E-state index is 14.0. The number of hydrogen-bond donors (Lipinski definition) is 1. The van der Waals surface area contributed by atoms with Crippen LogP contribution >= 0.6 is 0 Å². The number of amides is 1. The van der Waals surface area contributed by atoms with Crippen LogP contribution in [-0.4, -0.2) is 35.1 Å². The molecule has 1 aliphatic carbocycles. The van der Waals surface area contributed by atoms with Crippen LogP contribution in [0.3, 0.4) is 0 Å². The summed E-state index contributed by atoms with van der Waals surface area (Å²) in [5, 5.41) is 2.98. The van der Waals surface area contributed by atoms with E-state index in [0.29, 0.717) is 13.0 Å². The van der Waals surface area contributed by atoms with Crippen molar-refractivity contribution >= 4 is 5.91 Å². The molecule has 1 heterocycles. The number of benzene rings is 1. The minimum absolute atomic E-state index is 0.0256. The summed E-state index contributed by atoms with van der Waals surface area (Å²) < 4.78 is 14.0. The highest BCUT2D eigenvalue weighted by Crippen LogP contribution is 2.45. The summed E-state index contributed by atoms with van der Waals surface area (Å²) in [6.45, 7) is 4.69. The third kappa shape index (κ3) is 2.69. The van der Waals surface area contributed by atoms with Crippen molar-refractivity contribution in [3.63, 3.8) is 0 Å². The van der Waals surface area contributed by atoms with Crippen LogP contribution in [0.4, 0.5) is 4.39 Å². The third-order valence-electron chi connectivity index (χ3n) is 4.83. The molecule has 2 aliphatic rings. The Labute approximate surface area is 125 Å². The van der Waals surface area contributed by atoms with Gasteiger partial charge >= 0.3 is 0 Å². The number of carbonyl (C=O) groups excluding carboxylic acids is 1. The first-order valence-corrected chi connectivity index (χ1v) is 7.81. The molecule has 0 radical (unpaired) electrons. The van der Waals surface area contributed by atoms with Gasteiger partial charge in [-0.1, -0.05) is 30.3 Å². The van der Waals surface area contributed by atoms with Crippen molar-refractivity contribution in [1.29, 1.82) is 0 Å². The Kier molecular flexibility index (Phi) is 3.98. The van der Waals surface area contributed by atoms with Gasteiger partial charge in [-0.05, 0) is 32.3 Å².